The Balaban J connectivity index is 1.30. The number of pyridine rings is 1. The van der Waals surface area contributed by atoms with Crippen molar-refractivity contribution in [1.82, 2.24) is 14.5 Å². The molecule has 190 valence electrons. The first-order chi connectivity index (χ1) is 17.7. The minimum absolute atomic E-state index is 0.0766. The number of nitrogens with zero attached hydrogens (tertiary/aromatic N) is 3. The lowest BCUT2D eigenvalue weighted by atomic mass is 9.97. The third kappa shape index (κ3) is 5.24. The number of fused-ring (bicyclic) bond motifs is 3. The molecule has 2 aromatic heterocycles. The molecule has 0 spiro atoms. The number of halogens is 4. The summed E-state index contributed by atoms with van der Waals surface area (Å²) in [6, 6.07) is 14.3. The maximum atomic E-state index is 12.7. The smallest absolute Gasteiger partial charge is 0.433 e. The van der Waals surface area contributed by atoms with E-state index in [0.29, 0.717) is 24.2 Å². The van der Waals surface area contributed by atoms with Gasteiger partial charge >= 0.3 is 11.9 Å². The molecule has 0 atom stereocenters. The molecule has 5 rings (SSSR count). The van der Waals surface area contributed by atoms with E-state index in [-0.39, 0.29) is 29.0 Å². The highest BCUT2D eigenvalue weighted by molar-refractivity contribution is 6.32. The number of benzene rings is 2. The topological polar surface area (TPSA) is 75.5 Å². The van der Waals surface area contributed by atoms with Crippen LogP contribution in [0, 0.1) is 0 Å². The molecule has 0 bridgehead atoms. The van der Waals surface area contributed by atoms with E-state index < -0.39 is 17.6 Å². The average Bonchev–Trinajstić information content (AvgIpc) is 2.88. The second-order valence-electron chi connectivity index (χ2n) is 8.22. The molecule has 11 heteroatoms. The molecule has 0 saturated carbocycles. The fourth-order valence-corrected chi connectivity index (χ4v) is 4.24. The molecule has 1 aliphatic rings. The molecule has 0 radical (unpaired) electrons. The lowest BCUT2D eigenvalue weighted by molar-refractivity contribution is -0.141. The van der Waals surface area contributed by atoms with Crippen LogP contribution in [0.4, 0.5) is 13.2 Å². The Hall–Kier alpha value is -4.05. The number of aryl methyl sites for hydroxylation is 1. The zero-order chi connectivity index (χ0) is 26.2. The van der Waals surface area contributed by atoms with E-state index in [1.807, 2.05) is 18.2 Å². The van der Waals surface area contributed by atoms with Gasteiger partial charge in [-0.2, -0.15) is 18.2 Å². The highest BCUT2D eigenvalue weighted by atomic mass is 35.5. The maximum Gasteiger partial charge on any atom is 0.433 e. The van der Waals surface area contributed by atoms with Gasteiger partial charge in [-0.15, -0.1) is 0 Å². The normalized spacial score (nSPS) is 12.5. The van der Waals surface area contributed by atoms with E-state index in [0.717, 1.165) is 35.2 Å². The van der Waals surface area contributed by atoms with Crippen molar-refractivity contribution >= 4 is 11.6 Å². The van der Waals surface area contributed by atoms with Crippen molar-refractivity contribution in [3.63, 3.8) is 0 Å². The van der Waals surface area contributed by atoms with Gasteiger partial charge < -0.3 is 14.2 Å². The molecule has 4 aromatic rings. The first-order valence-corrected chi connectivity index (χ1v) is 11.5. The molecular weight excluding hydrogens is 511 g/mol. The van der Waals surface area contributed by atoms with Gasteiger partial charge in [-0.05, 0) is 60.0 Å². The molecule has 0 saturated heterocycles. The first kappa shape index (κ1) is 24.6. The van der Waals surface area contributed by atoms with Crippen LogP contribution < -0.4 is 19.9 Å². The highest BCUT2D eigenvalue weighted by Gasteiger charge is 2.32. The number of hydrogen-bond donors (Lipinski definition) is 0. The van der Waals surface area contributed by atoms with Gasteiger partial charge in [0.1, 0.15) is 29.5 Å². The maximum absolute atomic E-state index is 12.7. The summed E-state index contributed by atoms with van der Waals surface area (Å²) in [5.74, 6) is 1.27. The van der Waals surface area contributed by atoms with Gasteiger partial charge in [-0.3, -0.25) is 4.57 Å². The summed E-state index contributed by atoms with van der Waals surface area (Å²) in [6.45, 7) is 0.584. The zero-order valence-electron chi connectivity index (χ0n) is 19.4. The number of methoxy groups -OCH3 is 1. The molecule has 0 N–H and O–H groups in total. The molecular formula is C26H19ClF3N3O4. The Morgan fingerprint density at radius 3 is 2.57 bits per heavy atom. The minimum atomic E-state index is -4.53. The molecule has 7 nitrogen and oxygen atoms in total. The summed E-state index contributed by atoms with van der Waals surface area (Å²) in [4.78, 5) is 20.0. The van der Waals surface area contributed by atoms with Crippen molar-refractivity contribution in [3.05, 3.63) is 93.1 Å². The summed E-state index contributed by atoms with van der Waals surface area (Å²) in [5, 5.41) is 0.224. The third-order valence-electron chi connectivity index (χ3n) is 5.82. The van der Waals surface area contributed by atoms with Crippen molar-refractivity contribution in [3.8, 4) is 34.4 Å². The lowest BCUT2D eigenvalue weighted by Crippen LogP contribution is -2.28. The molecule has 0 unspecified atom stereocenters. The lowest BCUT2D eigenvalue weighted by Gasteiger charge is -2.22. The van der Waals surface area contributed by atoms with Crippen LogP contribution in [-0.2, 0) is 25.7 Å². The van der Waals surface area contributed by atoms with Gasteiger partial charge in [-0.25, -0.2) is 9.78 Å². The van der Waals surface area contributed by atoms with Crippen molar-refractivity contribution in [1.29, 1.82) is 0 Å². The van der Waals surface area contributed by atoms with Gasteiger partial charge in [0, 0.05) is 18.2 Å². The van der Waals surface area contributed by atoms with E-state index in [1.54, 1.807) is 35.9 Å². The number of ether oxygens (including phenoxy) is 3. The fraction of sp³-hybridized carbons (Fsp3) is 0.192. The van der Waals surface area contributed by atoms with Crippen LogP contribution in [0.3, 0.4) is 0 Å². The summed E-state index contributed by atoms with van der Waals surface area (Å²) >= 11 is 6.31. The average molecular weight is 530 g/mol. The third-order valence-corrected chi connectivity index (χ3v) is 6.11. The van der Waals surface area contributed by atoms with E-state index in [1.165, 1.54) is 0 Å². The predicted molar refractivity (Wildman–Crippen MR) is 129 cm³/mol. The van der Waals surface area contributed by atoms with Gasteiger partial charge in [0.05, 0.1) is 24.0 Å². The Labute approximate surface area is 214 Å². The monoisotopic (exact) mass is 529 g/mol. The van der Waals surface area contributed by atoms with Crippen LogP contribution in [0.2, 0.25) is 5.02 Å². The van der Waals surface area contributed by atoms with Gasteiger partial charge in [0.25, 0.3) is 0 Å². The van der Waals surface area contributed by atoms with Crippen molar-refractivity contribution in [2.45, 2.75) is 25.7 Å². The quantitative estimate of drug-likeness (QED) is 0.309. The Morgan fingerprint density at radius 2 is 1.86 bits per heavy atom. The molecule has 3 heterocycles. The second kappa shape index (κ2) is 9.78. The number of rotatable bonds is 6. The molecule has 37 heavy (non-hydrogen) atoms. The molecule has 0 amide bonds. The highest BCUT2D eigenvalue weighted by Crippen LogP contribution is 2.34. The SMILES string of the molecule is COc1ccc2c(c1)CCn1c-2cc(OCc2ccc(Oc3ccc(C(F)(F)F)nc3)c(Cl)c2)nc1=O. The van der Waals surface area contributed by atoms with Gasteiger partial charge in [0.15, 0.2) is 0 Å². The summed E-state index contributed by atoms with van der Waals surface area (Å²) in [6.07, 6.45) is -2.87. The summed E-state index contributed by atoms with van der Waals surface area (Å²) < 4.78 is 56.3. The molecule has 1 aliphatic heterocycles. The fourth-order valence-electron chi connectivity index (χ4n) is 3.99. The Kier molecular flexibility index (Phi) is 6.51. The van der Waals surface area contributed by atoms with Crippen LogP contribution in [0.1, 0.15) is 16.8 Å². The van der Waals surface area contributed by atoms with Crippen molar-refractivity contribution in [2.24, 2.45) is 0 Å². The second-order valence-corrected chi connectivity index (χ2v) is 8.63. The first-order valence-electron chi connectivity index (χ1n) is 11.1. The van der Waals surface area contributed by atoms with Crippen molar-refractivity contribution < 1.29 is 27.4 Å². The zero-order valence-corrected chi connectivity index (χ0v) is 20.1. The van der Waals surface area contributed by atoms with Crippen molar-refractivity contribution in [2.75, 3.05) is 7.11 Å². The van der Waals surface area contributed by atoms with Crippen LogP contribution in [0.25, 0.3) is 11.3 Å². The number of aromatic nitrogens is 3. The summed E-state index contributed by atoms with van der Waals surface area (Å²) in [7, 11) is 1.61. The van der Waals surface area contributed by atoms with E-state index in [9.17, 15) is 18.0 Å². The molecule has 0 fully saturated rings. The molecule has 0 aliphatic carbocycles. The van der Waals surface area contributed by atoms with Crippen LogP contribution in [-0.4, -0.2) is 21.6 Å². The predicted octanol–water partition coefficient (Wildman–Crippen LogP) is 5.91. The minimum Gasteiger partial charge on any atom is -0.497 e. The standard InChI is InChI=1S/C26H19ClF3N3O4/c1-35-17-3-5-19-16(11-17)8-9-33-21(19)12-24(32-25(33)34)36-14-15-2-6-22(20(27)10-15)37-18-4-7-23(31-13-18)26(28,29)30/h2-7,10-13H,8-9,14H2,1H3. The Morgan fingerprint density at radius 1 is 1.05 bits per heavy atom. The van der Waals surface area contributed by atoms with Gasteiger partial charge in [0.2, 0.25) is 5.88 Å². The summed E-state index contributed by atoms with van der Waals surface area (Å²) in [5.41, 5.74) is 1.96. The van der Waals surface area contributed by atoms with Crippen LogP contribution in [0.15, 0.2) is 65.6 Å². The molecule has 2 aromatic carbocycles. The number of hydrogen-bond acceptors (Lipinski definition) is 6. The van der Waals surface area contributed by atoms with Crippen LogP contribution in [0.5, 0.6) is 23.1 Å². The van der Waals surface area contributed by atoms with Crippen LogP contribution >= 0.6 is 11.6 Å². The van der Waals surface area contributed by atoms with E-state index in [4.69, 9.17) is 25.8 Å². The number of alkyl halides is 3. The van der Waals surface area contributed by atoms with Gasteiger partial charge in [-0.1, -0.05) is 17.7 Å². The Bertz CT molecular complexity index is 1520. The van der Waals surface area contributed by atoms with E-state index in [2.05, 4.69) is 9.97 Å². The largest absolute Gasteiger partial charge is 0.497 e. The van der Waals surface area contributed by atoms with E-state index >= 15 is 0 Å².